The van der Waals surface area contributed by atoms with Gasteiger partial charge in [0.1, 0.15) is 4.90 Å². The molecule has 8 heteroatoms. The molecule has 0 amide bonds. The van der Waals surface area contributed by atoms with E-state index < -0.39 is 16.0 Å². The first-order chi connectivity index (χ1) is 9.79. The monoisotopic (exact) mass is 370 g/mol. The average molecular weight is 371 g/mol. The van der Waals surface area contributed by atoms with Crippen LogP contribution in [0.2, 0.25) is 0 Å². The maximum Gasteiger partial charge on any atom is 0.335 e. The van der Waals surface area contributed by atoms with Crippen LogP contribution >= 0.6 is 15.9 Å². The molecule has 0 saturated heterocycles. The molecule has 2 rings (SSSR count). The van der Waals surface area contributed by atoms with E-state index in [-0.39, 0.29) is 10.5 Å². The summed E-state index contributed by atoms with van der Waals surface area (Å²) >= 11 is 3.24. The number of nitrogens with two attached hydrogens (primary N) is 1. The molecular formula is C13H11BrN2O4S. The fourth-order valence-corrected chi connectivity index (χ4v) is 2.88. The van der Waals surface area contributed by atoms with Crippen molar-refractivity contribution in [2.45, 2.75) is 4.90 Å². The van der Waals surface area contributed by atoms with Gasteiger partial charge in [-0.2, -0.15) is 0 Å². The van der Waals surface area contributed by atoms with Gasteiger partial charge in [-0.3, -0.25) is 0 Å². The highest BCUT2D eigenvalue weighted by Crippen LogP contribution is 2.29. The minimum absolute atomic E-state index is 0.0424. The molecule has 0 aliphatic carbocycles. The lowest BCUT2D eigenvalue weighted by Gasteiger charge is -2.12. The lowest BCUT2D eigenvalue weighted by atomic mass is 10.2. The highest BCUT2D eigenvalue weighted by atomic mass is 79.9. The van der Waals surface area contributed by atoms with Crippen molar-refractivity contribution in [2.75, 3.05) is 5.32 Å². The predicted octanol–water partition coefficient (Wildman–Crippen LogP) is 2.54. The Morgan fingerprint density at radius 1 is 1.14 bits per heavy atom. The second-order valence-electron chi connectivity index (χ2n) is 4.17. The van der Waals surface area contributed by atoms with E-state index in [0.717, 1.165) is 0 Å². The third-order valence-electron chi connectivity index (χ3n) is 2.68. The van der Waals surface area contributed by atoms with Crippen LogP contribution in [0.5, 0.6) is 0 Å². The zero-order chi connectivity index (χ0) is 15.6. The molecule has 0 aliphatic heterocycles. The SMILES string of the molecule is NS(=O)(=O)c1ccccc1Nc1ccc(C(=O)O)cc1Br. The van der Waals surface area contributed by atoms with Crippen LogP contribution in [0.3, 0.4) is 0 Å². The molecular weight excluding hydrogens is 360 g/mol. The molecule has 110 valence electrons. The van der Waals surface area contributed by atoms with Crippen molar-refractivity contribution in [2.24, 2.45) is 5.14 Å². The Balaban J connectivity index is 2.42. The molecule has 0 fully saturated rings. The number of hydrogen-bond acceptors (Lipinski definition) is 4. The predicted molar refractivity (Wildman–Crippen MR) is 82.2 cm³/mol. The molecule has 2 aromatic rings. The van der Waals surface area contributed by atoms with Crippen molar-refractivity contribution in [3.05, 3.63) is 52.5 Å². The summed E-state index contributed by atoms with van der Waals surface area (Å²) in [5, 5.41) is 17.0. The molecule has 0 unspecified atom stereocenters. The summed E-state index contributed by atoms with van der Waals surface area (Å²) in [6.07, 6.45) is 0. The van der Waals surface area contributed by atoms with Gasteiger partial charge in [0.2, 0.25) is 10.0 Å². The molecule has 2 aromatic carbocycles. The summed E-state index contributed by atoms with van der Waals surface area (Å²) in [4.78, 5) is 10.8. The topological polar surface area (TPSA) is 109 Å². The molecule has 0 radical (unpaired) electrons. The maximum atomic E-state index is 11.5. The molecule has 0 saturated carbocycles. The summed E-state index contributed by atoms with van der Waals surface area (Å²) in [6.45, 7) is 0. The van der Waals surface area contributed by atoms with Crippen LogP contribution in [0.4, 0.5) is 11.4 Å². The number of halogens is 1. The van der Waals surface area contributed by atoms with Gasteiger partial charge in [0, 0.05) is 4.47 Å². The first-order valence-electron chi connectivity index (χ1n) is 5.71. The quantitative estimate of drug-likeness (QED) is 0.765. The van der Waals surface area contributed by atoms with E-state index in [1.54, 1.807) is 18.2 Å². The normalized spacial score (nSPS) is 11.1. The first kappa shape index (κ1) is 15.5. The van der Waals surface area contributed by atoms with Crippen LogP contribution in [0, 0.1) is 0 Å². The minimum Gasteiger partial charge on any atom is -0.478 e. The number of benzene rings is 2. The van der Waals surface area contributed by atoms with Crippen LogP contribution < -0.4 is 10.5 Å². The van der Waals surface area contributed by atoms with Gasteiger partial charge in [-0.05, 0) is 46.3 Å². The van der Waals surface area contributed by atoms with Crippen molar-refractivity contribution in [1.82, 2.24) is 0 Å². The van der Waals surface area contributed by atoms with Crippen molar-refractivity contribution in [1.29, 1.82) is 0 Å². The number of carbonyl (C=O) groups is 1. The van der Waals surface area contributed by atoms with Gasteiger partial charge in [0.15, 0.2) is 0 Å². The minimum atomic E-state index is -3.86. The summed E-state index contributed by atoms with van der Waals surface area (Å²) in [7, 11) is -3.86. The number of anilines is 2. The number of nitrogens with one attached hydrogen (secondary N) is 1. The van der Waals surface area contributed by atoms with Crippen molar-refractivity contribution in [3.8, 4) is 0 Å². The second-order valence-corrected chi connectivity index (χ2v) is 6.55. The number of hydrogen-bond donors (Lipinski definition) is 3. The molecule has 0 bridgehead atoms. The molecule has 0 heterocycles. The van der Waals surface area contributed by atoms with E-state index in [1.165, 1.54) is 24.3 Å². The molecule has 0 aromatic heterocycles. The van der Waals surface area contributed by atoms with E-state index in [9.17, 15) is 13.2 Å². The summed E-state index contributed by atoms with van der Waals surface area (Å²) < 4.78 is 23.5. The highest BCUT2D eigenvalue weighted by Gasteiger charge is 2.14. The number of rotatable bonds is 4. The Hall–Kier alpha value is -1.90. The third-order valence-corrected chi connectivity index (χ3v) is 4.30. The van der Waals surface area contributed by atoms with Crippen molar-refractivity contribution < 1.29 is 18.3 Å². The van der Waals surface area contributed by atoms with Crippen LogP contribution in [0.25, 0.3) is 0 Å². The number of carboxylic acid groups (broad SMARTS) is 1. The van der Waals surface area contributed by atoms with E-state index in [1.807, 2.05) is 0 Å². The third kappa shape index (κ3) is 3.60. The Morgan fingerprint density at radius 2 is 1.81 bits per heavy atom. The van der Waals surface area contributed by atoms with Crippen molar-refractivity contribution >= 4 is 43.3 Å². The Kier molecular flexibility index (Phi) is 4.31. The van der Waals surface area contributed by atoms with Gasteiger partial charge in [0.05, 0.1) is 16.9 Å². The molecule has 0 spiro atoms. The van der Waals surface area contributed by atoms with Crippen LogP contribution in [-0.4, -0.2) is 19.5 Å². The Bertz CT molecular complexity index is 806. The number of primary sulfonamides is 1. The molecule has 21 heavy (non-hydrogen) atoms. The van der Waals surface area contributed by atoms with Crippen molar-refractivity contribution in [3.63, 3.8) is 0 Å². The van der Waals surface area contributed by atoms with Gasteiger partial charge < -0.3 is 10.4 Å². The zero-order valence-corrected chi connectivity index (χ0v) is 13.0. The number of sulfonamides is 1. The van der Waals surface area contributed by atoms with Gasteiger partial charge in [0.25, 0.3) is 0 Å². The molecule has 6 nitrogen and oxygen atoms in total. The van der Waals surface area contributed by atoms with Gasteiger partial charge >= 0.3 is 5.97 Å². The summed E-state index contributed by atoms with van der Waals surface area (Å²) in [5.74, 6) is -1.05. The van der Waals surface area contributed by atoms with E-state index in [4.69, 9.17) is 10.2 Å². The Morgan fingerprint density at radius 3 is 2.38 bits per heavy atom. The Labute approximate surface area is 129 Å². The standard InChI is InChI=1S/C13H11BrN2O4S/c14-9-7-8(13(17)18)5-6-10(9)16-11-3-1-2-4-12(11)21(15,19)20/h1-7,16H,(H,17,18)(H2,15,19,20). The summed E-state index contributed by atoms with van der Waals surface area (Å²) in [6, 6.07) is 10.5. The lowest BCUT2D eigenvalue weighted by molar-refractivity contribution is 0.0697. The van der Waals surface area contributed by atoms with E-state index >= 15 is 0 Å². The zero-order valence-electron chi connectivity index (χ0n) is 10.6. The number of para-hydroxylation sites is 1. The molecule has 0 atom stereocenters. The van der Waals surface area contributed by atoms with Gasteiger partial charge in [-0.25, -0.2) is 18.4 Å². The summed E-state index contributed by atoms with van der Waals surface area (Å²) in [5.41, 5.74) is 0.951. The first-order valence-corrected chi connectivity index (χ1v) is 8.04. The fourth-order valence-electron chi connectivity index (χ4n) is 1.71. The maximum absolute atomic E-state index is 11.5. The van der Waals surface area contributed by atoms with Gasteiger partial charge in [-0.15, -0.1) is 0 Å². The highest BCUT2D eigenvalue weighted by molar-refractivity contribution is 9.10. The molecule has 4 N–H and O–H groups in total. The molecule has 0 aliphatic rings. The smallest absolute Gasteiger partial charge is 0.335 e. The lowest BCUT2D eigenvalue weighted by Crippen LogP contribution is -2.14. The number of carboxylic acids is 1. The van der Waals surface area contributed by atoms with E-state index in [0.29, 0.717) is 15.8 Å². The largest absolute Gasteiger partial charge is 0.478 e. The van der Waals surface area contributed by atoms with Crippen LogP contribution in [0.15, 0.2) is 51.8 Å². The second kappa shape index (κ2) is 5.84. The average Bonchev–Trinajstić information content (AvgIpc) is 2.40. The van der Waals surface area contributed by atoms with Crippen LogP contribution in [0.1, 0.15) is 10.4 Å². The fraction of sp³-hybridized carbons (Fsp3) is 0. The van der Waals surface area contributed by atoms with E-state index in [2.05, 4.69) is 21.2 Å². The van der Waals surface area contributed by atoms with Crippen LogP contribution in [-0.2, 0) is 10.0 Å². The number of aromatic carboxylic acids is 1. The van der Waals surface area contributed by atoms with Gasteiger partial charge in [-0.1, -0.05) is 12.1 Å².